The van der Waals surface area contributed by atoms with Gasteiger partial charge in [-0.1, -0.05) is 0 Å². The van der Waals surface area contributed by atoms with Crippen molar-refractivity contribution in [1.29, 1.82) is 0 Å². The molecular formula is C8H5F4NO3. The van der Waals surface area contributed by atoms with Crippen LogP contribution >= 0.6 is 0 Å². The van der Waals surface area contributed by atoms with Gasteiger partial charge in [0.15, 0.2) is 5.75 Å². The maximum Gasteiger partial charge on any atom is 0.419 e. The first kappa shape index (κ1) is 12.2. The Balaban J connectivity index is 3.50. The fraction of sp³-hybridized carbons (Fsp3) is 0.250. The van der Waals surface area contributed by atoms with E-state index in [1.165, 1.54) is 0 Å². The summed E-state index contributed by atoms with van der Waals surface area (Å²) in [6.45, 7) is 0. The zero-order valence-electron chi connectivity index (χ0n) is 7.84. The lowest BCUT2D eigenvalue weighted by Gasteiger charge is -2.09. The molecule has 8 heteroatoms. The Morgan fingerprint density at radius 2 is 1.94 bits per heavy atom. The second-order valence-corrected chi connectivity index (χ2v) is 2.73. The van der Waals surface area contributed by atoms with Crippen LogP contribution in [0.1, 0.15) is 5.56 Å². The monoisotopic (exact) mass is 239 g/mol. The van der Waals surface area contributed by atoms with E-state index in [0.717, 1.165) is 7.11 Å². The summed E-state index contributed by atoms with van der Waals surface area (Å²) in [5.74, 6) is -2.51. The van der Waals surface area contributed by atoms with E-state index >= 15 is 0 Å². The van der Waals surface area contributed by atoms with Gasteiger partial charge in [-0.3, -0.25) is 10.1 Å². The van der Waals surface area contributed by atoms with Crippen LogP contribution in [0, 0.1) is 15.9 Å². The van der Waals surface area contributed by atoms with Gasteiger partial charge in [-0.15, -0.1) is 0 Å². The first-order chi connectivity index (χ1) is 7.29. The second-order valence-electron chi connectivity index (χ2n) is 2.73. The van der Waals surface area contributed by atoms with Crippen LogP contribution in [-0.2, 0) is 6.18 Å². The van der Waals surface area contributed by atoms with Crippen molar-refractivity contribution in [2.75, 3.05) is 7.11 Å². The third kappa shape index (κ3) is 2.05. The molecule has 0 amide bonds. The molecule has 1 aromatic rings. The van der Waals surface area contributed by atoms with E-state index < -0.39 is 33.9 Å². The molecule has 88 valence electrons. The lowest BCUT2D eigenvalue weighted by molar-refractivity contribution is -0.388. The minimum Gasteiger partial charge on any atom is -0.490 e. The topological polar surface area (TPSA) is 52.4 Å². The number of rotatable bonds is 2. The molecule has 0 aliphatic rings. The quantitative estimate of drug-likeness (QED) is 0.453. The first-order valence-corrected chi connectivity index (χ1v) is 3.87. The van der Waals surface area contributed by atoms with E-state index in [2.05, 4.69) is 4.74 Å². The Morgan fingerprint density at radius 1 is 1.38 bits per heavy atom. The fourth-order valence-corrected chi connectivity index (χ4v) is 1.10. The number of hydrogen-bond acceptors (Lipinski definition) is 3. The molecule has 1 aromatic carbocycles. The van der Waals surface area contributed by atoms with Gasteiger partial charge in [0.25, 0.3) is 0 Å². The van der Waals surface area contributed by atoms with Crippen LogP contribution in [0.2, 0.25) is 0 Å². The van der Waals surface area contributed by atoms with E-state index in [-0.39, 0.29) is 0 Å². The van der Waals surface area contributed by atoms with Crippen LogP contribution in [0.4, 0.5) is 23.2 Å². The average Bonchev–Trinajstić information content (AvgIpc) is 2.14. The molecule has 0 bridgehead atoms. The standard InChI is InChI=1S/C8H5F4NO3/c1-16-5-3-2-4(8(10,11)12)6(9)7(5)13(14)15/h2-3H,1H3. The van der Waals surface area contributed by atoms with E-state index in [0.29, 0.717) is 12.1 Å². The van der Waals surface area contributed by atoms with Crippen LogP contribution < -0.4 is 4.74 Å². The van der Waals surface area contributed by atoms with Crippen LogP contribution in [-0.4, -0.2) is 12.0 Å². The van der Waals surface area contributed by atoms with Gasteiger partial charge in [-0.25, -0.2) is 0 Å². The first-order valence-electron chi connectivity index (χ1n) is 3.87. The Morgan fingerprint density at radius 3 is 2.31 bits per heavy atom. The Hall–Kier alpha value is -1.86. The molecule has 16 heavy (non-hydrogen) atoms. The smallest absolute Gasteiger partial charge is 0.419 e. The Labute approximate surface area is 86.6 Å². The lowest BCUT2D eigenvalue weighted by Crippen LogP contribution is -2.10. The van der Waals surface area contributed by atoms with E-state index in [4.69, 9.17) is 0 Å². The summed E-state index contributed by atoms with van der Waals surface area (Å²) >= 11 is 0. The summed E-state index contributed by atoms with van der Waals surface area (Å²) in [5.41, 5.74) is -3.02. The highest BCUT2D eigenvalue weighted by molar-refractivity contribution is 5.50. The molecule has 0 radical (unpaired) electrons. The van der Waals surface area contributed by atoms with Gasteiger partial charge in [0, 0.05) is 0 Å². The highest BCUT2D eigenvalue weighted by atomic mass is 19.4. The minimum atomic E-state index is -4.99. The highest BCUT2D eigenvalue weighted by Crippen LogP contribution is 2.39. The number of hydrogen-bond donors (Lipinski definition) is 0. The molecule has 0 aromatic heterocycles. The minimum absolute atomic E-state index is 0.390. The SMILES string of the molecule is COc1ccc(C(F)(F)F)c(F)c1[N+](=O)[O-]. The fourth-order valence-electron chi connectivity index (χ4n) is 1.10. The average molecular weight is 239 g/mol. The van der Waals surface area contributed by atoms with Crippen molar-refractivity contribution in [3.8, 4) is 5.75 Å². The highest BCUT2D eigenvalue weighted by Gasteiger charge is 2.39. The summed E-state index contributed by atoms with van der Waals surface area (Å²) < 4.78 is 54.3. The van der Waals surface area contributed by atoms with Crippen molar-refractivity contribution < 1.29 is 27.2 Å². The number of nitro groups is 1. The number of methoxy groups -OCH3 is 1. The van der Waals surface area contributed by atoms with Crippen molar-refractivity contribution in [2.45, 2.75) is 6.18 Å². The van der Waals surface area contributed by atoms with Crippen LogP contribution in [0.25, 0.3) is 0 Å². The molecule has 4 nitrogen and oxygen atoms in total. The summed E-state index contributed by atoms with van der Waals surface area (Å²) in [4.78, 5) is 9.14. The normalized spacial score (nSPS) is 11.3. The van der Waals surface area contributed by atoms with E-state index in [1.54, 1.807) is 0 Å². The van der Waals surface area contributed by atoms with Crippen LogP contribution in [0.15, 0.2) is 12.1 Å². The second kappa shape index (κ2) is 3.95. The maximum absolute atomic E-state index is 13.2. The predicted molar refractivity (Wildman–Crippen MR) is 44.6 cm³/mol. The number of ether oxygens (including phenoxy) is 1. The molecule has 0 aliphatic heterocycles. The molecule has 1 rings (SSSR count). The molecule has 0 spiro atoms. The zero-order valence-corrected chi connectivity index (χ0v) is 7.84. The third-order valence-electron chi connectivity index (χ3n) is 1.79. The van der Waals surface area contributed by atoms with E-state index in [9.17, 15) is 27.7 Å². The lowest BCUT2D eigenvalue weighted by atomic mass is 10.1. The van der Waals surface area contributed by atoms with Crippen molar-refractivity contribution in [3.05, 3.63) is 33.6 Å². The zero-order chi connectivity index (χ0) is 12.5. The molecule has 0 saturated heterocycles. The predicted octanol–water partition coefficient (Wildman–Crippen LogP) is 2.76. The van der Waals surface area contributed by atoms with Crippen molar-refractivity contribution in [3.63, 3.8) is 0 Å². The summed E-state index contributed by atoms with van der Waals surface area (Å²) in [6.07, 6.45) is -4.99. The van der Waals surface area contributed by atoms with E-state index in [1.807, 2.05) is 0 Å². The molecule has 0 N–H and O–H groups in total. The number of halogens is 4. The number of benzene rings is 1. The number of nitro benzene ring substituents is 1. The van der Waals surface area contributed by atoms with Gasteiger partial charge < -0.3 is 4.74 Å². The maximum atomic E-state index is 13.2. The molecule has 0 atom stereocenters. The largest absolute Gasteiger partial charge is 0.490 e. The molecule has 0 saturated carbocycles. The van der Waals surface area contributed by atoms with Crippen LogP contribution in [0.5, 0.6) is 5.75 Å². The van der Waals surface area contributed by atoms with Crippen LogP contribution in [0.3, 0.4) is 0 Å². The summed E-state index contributed by atoms with van der Waals surface area (Å²) in [7, 11) is 0.995. The molecule has 0 heterocycles. The Kier molecular flexibility index (Phi) is 3.02. The third-order valence-corrected chi connectivity index (χ3v) is 1.79. The van der Waals surface area contributed by atoms with Gasteiger partial charge in [0.2, 0.25) is 5.82 Å². The number of nitrogens with zero attached hydrogens (tertiary/aromatic N) is 1. The van der Waals surface area contributed by atoms with Crippen molar-refractivity contribution in [2.24, 2.45) is 0 Å². The van der Waals surface area contributed by atoms with Gasteiger partial charge in [0.05, 0.1) is 17.6 Å². The van der Waals surface area contributed by atoms with Crippen molar-refractivity contribution in [1.82, 2.24) is 0 Å². The van der Waals surface area contributed by atoms with Gasteiger partial charge >= 0.3 is 11.9 Å². The summed E-state index contributed by atoms with van der Waals surface area (Å²) in [6, 6.07) is 1.09. The summed E-state index contributed by atoms with van der Waals surface area (Å²) in [5, 5.41) is 10.4. The Bertz CT molecular complexity index is 430. The number of alkyl halides is 3. The molecular weight excluding hydrogens is 234 g/mol. The molecule has 0 aliphatic carbocycles. The van der Waals surface area contributed by atoms with Crippen molar-refractivity contribution >= 4 is 5.69 Å². The van der Waals surface area contributed by atoms with Gasteiger partial charge in [-0.05, 0) is 12.1 Å². The van der Waals surface area contributed by atoms with Gasteiger partial charge in [-0.2, -0.15) is 17.6 Å². The molecule has 0 unspecified atom stereocenters. The van der Waals surface area contributed by atoms with Gasteiger partial charge in [0.1, 0.15) is 0 Å². The molecule has 0 fully saturated rings.